The predicted octanol–water partition coefficient (Wildman–Crippen LogP) is 1.31. The molecule has 1 aromatic rings. The van der Waals surface area contributed by atoms with Crippen LogP contribution in [-0.2, 0) is 28.9 Å². The number of piperazine rings is 1. The van der Waals surface area contributed by atoms with Gasteiger partial charge in [0.15, 0.2) is 0 Å². The van der Waals surface area contributed by atoms with E-state index < -0.39 is 0 Å². The van der Waals surface area contributed by atoms with Gasteiger partial charge in [0.2, 0.25) is 5.91 Å². The van der Waals surface area contributed by atoms with Gasteiger partial charge in [0, 0.05) is 32.4 Å². The van der Waals surface area contributed by atoms with Crippen LogP contribution in [0.5, 0.6) is 0 Å². The monoisotopic (exact) mass is 334 g/mol. The molecule has 1 saturated heterocycles. The molecule has 0 spiro atoms. The zero-order valence-electron chi connectivity index (χ0n) is 14.5. The van der Waals surface area contributed by atoms with Crippen molar-refractivity contribution in [3.63, 3.8) is 0 Å². The first-order valence-corrected chi connectivity index (χ1v) is 8.81. The summed E-state index contributed by atoms with van der Waals surface area (Å²) in [6, 6.07) is 0. The number of ether oxygens (including phenoxy) is 1. The van der Waals surface area contributed by atoms with E-state index in [1.807, 2.05) is 6.20 Å². The Labute approximate surface area is 142 Å². The number of nitrogens with zero attached hydrogens (tertiary/aromatic N) is 4. The maximum absolute atomic E-state index is 12.5. The Kier molecular flexibility index (Phi) is 5.06. The minimum Gasteiger partial charge on any atom is -0.450 e. The molecule has 1 aliphatic heterocycles. The minimum atomic E-state index is -0.293. The molecule has 2 heterocycles. The Morgan fingerprint density at radius 2 is 1.96 bits per heavy atom. The first-order chi connectivity index (χ1) is 11.6. The lowest BCUT2D eigenvalue weighted by Crippen LogP contribution is -2.51. The molecular formula is C17H26N4O3. The van der Waals surface area contributed by atoms with Crippen molar-refractivity contribution in [3.8, 4) is 0 Å². The van der Waals surface area contributed by atoms with Crippen LogP contribution in [-0.4, -0.2) is 64.4 Å². The van der Waals surface area contributed by atoms with Crippen molar-refractivity contribution in [2.24, 2.45) is 5.92 Å². The predicted molar refractivity (Wildman–Crippen MR) is 88.6 cm³/mol. The van der Waals surface area contributed by atoms with Crippen molar-refractivity contribution in [1.82, 2.24) is 19.6 Å². The molecular weight excluding hydrogens is 308 g/mol. The number of aryl methyl sites for hydroxylation is 1. The topological polar surface area (TPSA) is 67.7 Å². The number of amides is 2. The normalized spacial score (nSPS) is 20.7. The summed E-state index contributed by atoms with van der Waals surface area (Å²) in [5, 5.41) is 4.57. The summed E-state index contributed by atoms with van der Waals surface area (Å²) in [6.07, 6.45) is 4.97. The highest BCUT2D eigenvalue weighted by Crippen LogP contribution is 2.24. The molecule has 0 bridgehead atoms. The summed E-state index contributed by atoms with van der Waals surface area (Å²) in [7, 11) is 0. The summed E-state index contributed by atoms with van der Waals surface area (Å²) in [4.78, 5) is 27.6. The van der Waals surface area contributed by atoms with Crippen molar-refractivity contribution >= 4 is 12.0 Å². The Bertz CT molecular complexity index is 605. The summed E-state index contributed by atoms with van der Waals surface area (Å²) in [6.45, 7) is 6.86. The lowest BCUT2D eigenvalue weighted by molar-refractivity contribution is -0.133. The van der Waals surface area contributed by atoms with Gasteiger partial charge in [-0.05, 0) is 37.7 Å². The van der Waals surface area contributed by atoms with Crippen LogP contribution < -0.4 is 0 Å². The average molecular weight is 334 g/mol. The van der Waals surface area contributed by atoms with Gasteiger partial charge in [-0.25, -0.2) is 4.79 Å². The lowest BCUT2D eigenvalue weighted by atomic mass is 9.89. The smallest absolute Gasteiger partial charge is 0.409 e. The number of fused-ring (bicyclic) bond motifs is 1. The van der Waals surface area contributed by atoms with Gasteiger partial charge < -0.3 is 14.5 Å². The largest absolute Gasteiger partial charge is 0.450 e. The van der Waals surface area contributed by atoms with Crippen LogP contribution in [0.4, 0.5) is 4.79 Å². The van der Waals surface area contributed by atoms with Gasteiger partial charge in [0.1, 0.15) is 6.54 Å². The third-order valence-electron chi connectivity index (χ3n) is 4.82. The molecule has 1 fully saturated rings. The molecule has 132 valence electrons. The zero-order valence-corrected chi connectivity index (χ0v) is 14.5. The van der Waals surface area contributed by atoms with E-state index in [9.17, 15) is 9.59 Å². The first-order valence-electron chi connectivity index (χ1n) is 8.81. The molecule has 0 radical (unpaired) electrons. The van der Waals surface area contributed by atoms with Crippen molar-refractivity contribution in [3.05, 3.63) is 17.5 Å². The second-order valence-corrected chi connectivity index (χ2v) is 6.71. The number of carbonyl (C=O) groups is 2. The number of rotatable bonds is 3. The molecule has 0 aromatic carbocycles. The molecule has 0 saturated carbocycles. The fraction of sp³-hybridized carbons (Fsp3) is 0.706. The highest BCUT2D eigenvalue weighted by Gasteiger charge is 2.25. The van der Waals surface area contributed by atoms with Gasteiger partial charge in [0.05, 0.1) is 12.3 Å². The second-order valence-electron chi connectivity index (χ2n) is 6.71. The third kappa shape index (κ3) is 3.71. The van der Waals surface area contributed by atoms with Crippen LogP contribution in [0.2, 0.25) is 0 Å². The lowest BCUT2D eigenvalue weighted by Gasteiger charge is -2.34. The maximum Gasteiger partial charge on any atom is 0.409 e. The molecule has 7 nitrogen and oxygen atoms in total. The highest BCUT2D eigenvalue weighted by molar-refractivity contribution is 5.76. The average Bonchev–Trinajstić information content (AvgIpc) is 2.96. The molecule has 7 heteroatoms. The molecule has 1 atom stereocenters. The van der Waals surface area contributed by atoms with E-state index in [4.69, 9.17) is 4.74 Å². The number of aromatic nitrogens is 2. The number of hydrogen-bond acceptors (Lipinski definition) is 4. The molecule has 0 N–H and O–H groups in total. The fourth-order valence-electron chi connectivity index (χ4n) is 3.42. The molecule has 1 unspecified atom stereocenters. The van der Waals surface area contributed by atoms with Crippen LogP contribution in [0.1, 0.15) is 31.5 Å². The molecule has 1 aliphatic carbocycles. The number of carbonyl (C=O) groups excluding carboxylic acids is 2. The van der Waals surface area contributed by atoms with E-state index in [2.05, 4.69) is 12.0 Å². The summed E-state index contributed by atoms with van der Waals surface area (Å²) < 4.78 is 6.78. The van der Waals surface area contributed by atoms with Gasteiger partial charge in [-0.1, -0.05) is 6.92 Å². The van der Waals surface area contributed by atoms with Crippen LogP contribution in [0, 0.1) is 5.92 Å². The van der Waals surface area contributed by atoms with E-state index in [1.165, 1.54) is 12.0 Å². The summed E-state index contributed by atoms with van der Waals surface area (Å²) >= 11 is 0. The van der Waals surface area contributed by atoms with Crippen molar-refractivity contribution in [2.45, 2.75) is 39.7 Å². The standard InChI is InChI=1S/C17H26N4O3/c1-3-24-17(23)20-8-6-19(7-9-20)16(22)12-21-11-14-10-13(2)4-5-15(14)18-21/h11,13H,3-10,12H2,1-2H3. The van der Waals surface area contributed by atoms with Crippen molar-refractivity contribution < 1.29 is 14.3 Å². The van der Waals surface area contributed by atoms with E-state index in [1.54, 1.807) is 21.4 Å². The van der Waals surface area contributed by atoms with E-state index >= 15 is 0 Å². The summed E-state index contributed by atoms with van der Waals surface area (Å²) in [5.41, 5.74) is 2.43. The van der Waals surface area contributed by atoms with Gasteiger partial charge in [-0.2, -0.15) is 5.10 Å². The molecule has 3 rings (SSSR count). The Morgan fingerprint density at radius 3 is 2.67 bits per heavy atom. The van der Waals surface area contributed by atoms with Crippen LogP contribution in [0.25, 0.3) is 0 Å². The zero-order chi connectivity index (χ0) is 17.1. The highest BCUT2D eigenvalue weighted by atomic mass is 16.6. The van der Waals surface area contributed by atoms with E-state index in [0.717, 1.165) is 18.5 Å². The number of hydrogen-bond donors (Lipinski definition) is 0. The maximum atomic E-state index is 12.5. The van der Waals surface area contributed by atoms with Gasteiger partial charge in [-0.15, -0.1) is 0 Å². The summed E-state index contributed by atoms with van der Waals surface area (Å²) in [5.74, 6) is 0.758. The quantitative estimate of drug-likeness (QED) is 0.836. The first kappa shape index (κ1) is 16.8. The van der Waals surface area contributed by atoms with E-state index in [-0.39, 0.29) is 18.5 Å². The van der Waals surface area contributed by atoms with Gasteiger partial charge >= 0.3 is 6.09 Å². The Hall–Kier alpha value is -2.05. The van der Waals surface area contributed by atoms with Gasteiger partial charge in [-0.3, -0.25) is 9.48 Å². The van der Waals surface area contributed by atoms with E-state index in [0.29, 0.717) is 38.7 Å². The Morgan fingerprint density at radius 1 is 1.25 bits per heavy atom. The molecule has 24 heavy (non-hydrogen) atoms. The van der Waals surface area contributed by atoms with Crippen LogP contribution >= 0.6 is 0 Å². The molecule has 2 aliphatic rings. The van der Waals surface area contributed by atoms with Crippen LogP contribution in [0.3, 0.4) is 0 Å². The molecule has 2 amide bonds. The van der Waals surface area contributed by atoms with Crippen molar-refractivity contribution in [1.29, 1.82) is 0 Å². The second kappa shape index (κ2) is 7.23. The third-order valence-corrected chi connectivity index (χ3v) is 4.82. The van der Waals surface area contributed by atoms with Gasteiger partial charge in [0.25, 0.3) is 0 Å². The minimum absolute atomic E-state index is 0.0615. The fourth-order valence-corrected chi connectivity index (χ4v) is 3.42. The Balaban J connectivity index is 1.52. The van der Waals surface area contributed by atoms with Crippen molar-refractivity contribution in [2.75, 3.05) is 32.8 Å². The molecule has 1 aromatic heterocycles. The van der Waals surface area contributed by atoms with Crippen LogP contribution in [0.15, 0.2) is 6.20 Å². The SMILES string of the molecule is CCOC(=O)N1CCN(C(=O)Cn2cc3c(n2)CCC(C)C3)CC1.